The molecule has 172 valence electrons. The fraction of sp³-hybridized carbons (Fsp3) is 0.320. The van der Waals surface area contributed by atoms with Gasteiger partial charge in [-0.2, -0.15) is 0 Å². The van der Waals surface area contributed by atoms with Crippen molar-refractivity contribution in [2.75, 3.05) is 24.8 Å². The summed E-state index contributed by atoms with van der Waals surface area (Å²) >= 11 is 0. The fourth-order valence-electron chi connectivity index (χ4n) is 4.09. The summed E-state index contributed by atoms with van der Waals surface area (Å²) in [5.74, 6) is 7.80. The lowest BCUT2D eigenvalue weighted by molar-refractivity contribution is 0.416. The first-order valence-electron chi connectivity index (χ1n) is 11.2. The Labute approximate surface area is 194 Å². The number of pyridine rings is 1. The molecule has 3 aromatic rings. The SMILES string of the molecule is C/C=C\C(=C/N(C)N)c1ccc(Nc2ncc3ccnc(NC4CCCC4)c3n2)c(OC)c1. The van der Waals surface area contributed by atoms with Crippen LogP contribution in [0.2, 0.25) is 0 Å². The molecule has 0 atom stereocenters. The molecule has 1 aromatic carbocycles. The second kappa shape index (κ2) is 10.3. The van der Waals surface area contributed by atoms with Gasteiger partial charge >= 0.3 is 0 Å². The van der Waals surface area contributed by atoms with Crippen molar-refractivity contribution >= 4 is 33.9 Å². The number of nitrogens with zero attached hydrogens (tertiary/aromatic N) is 4. The van der Waals surface area contributed by atoms with Gasteiger partial charge in [0, 0.05) is 37.1 Å². The molecule has 0 saturated heterocycles. The molecule has 2 heterocycles. The van der Waals surface area contributed by atoms with Crippen molar-refractivity contribution in [2.45, 2.75) is 38.6 Å². The van der Waals surface area contributed by atoms with Gasteiger partial charge in [-0.05, 0) is 49.1 Å². The van der Waals surface area contributed by atoms with Crippen LogP contribution in [0.15, 0.2) is 55.0 Å². The summed E-state index contributed by atoms with van der Waals surface area (Å²) in [5.41, 5.74) is 3.54. The van der Waals surface area contributed by atoms with E-state index in [1.54, 1.807) is 20.4 Å². The lowest BCUT2D eigenvalue weighted by atomic mass is 10.1. The van der Waals surface area contributed by atoms with E-state index in [0.29, 0.717) is 17.7 Å². The standard InChI is InChI=1S/C25H31N7O/c1-4-7-19(16-32(2)26)17-10-11-21(22(14-17)33-3)30-25-28-15-18-12-13-27-24(23(18)31-25)29-20-8-5-6-9-20/h4,7,10-16,20H,5-6,8-9,26H2,1-3H3,(H,27,29)(H,28,30,31)/b7-4-,19-16+. The van der Waals surface area contributed by atoms with Gasteiger partial charge in [0.25, 0.3) is 0 Å². The van der Waals surface area contributed by atoms with E-state index < -0.39 is 0 Å². The number of nitrogens with two attached hydrogens (primary N) is 1. The van der Waals surface area contributed by atoms with Crippen molar-refractivity contribution in [1.29, 1.82) is 0 Å². The van der Waals surface area contributed by atoms with Crippen molar-refractivity contribution in [3.63, 3.8) is 0 Å². The largest absolute Gasteiger partial charge is 0.495 e. The number of allylic oxidation sites excluding steroid dienone is 3. The molecular weight excluding hydrogens is 414 g/mol. The summed E-state index contributed by atoms with van der Waals surface area (Å²) in [7, 11) is 3.44. The zero-order valence-corrected chi connectivity index (χ0v) is 19.4. The van der Waals surface area contributed by atoms with E-state index in [1.807, 2.05) is 55.7 Å². The molecule has 1 aliphatic rings. The van der Waals surface area contributed by atoms with Crippen LogP contribution in [0, 0.1) is 0 Å². The minimum Gasteiger partial charge on any atom is -0.495 e. The highest BCUT2D eigenvalue weighted by molar-refractivity contribution is 5.88. The number of hydrogen-bond acceptors (Lipinski definition) is 8. The molecule has 0 bridgehead atoms. The van der Waals surface area contributed by atoms with Crippen LogP contribution in [0.25, 0.3) is 16.5 Å². The molecule has 0 aliphatic heterocycles. The summed E-state index contributed by atoms with van der Waals surface area (Å²) in [6.07, 6.45) is 14.3. The molecule has 1 fully saturated rings. The number of fused-ring (bicyclic) bond motifs is 1. The van der Waals surface area contributed by atoms with Gasteiger partial charge in [0.1, 0.15) is 11.3 Å². The van der Waals surface area contributed by atoms with E-state index in [0.717, 1.165) is 33.5 Å². The smallest absolute Gasteiger partial charge is 0.227 e. The van der Waals surface area contributed by atoms with Gasteiger partial charge in [-0.15, -0.1) is 0 Å². The number of anilines is 3. The molecule has 0 spiro atoms. The molecular formula is C25H31N7O. The highest BCUT2D eigenvalue weighted by atomic mass is 16.5. The molecule has 33 heavy (non-hydrogen) atoms. The van der Waals surface area contributed by atoms with E-state index >= 15 is 0 Å². The number of methoxy groups -OCH3 is 1. The zero-order valence-electron chi connectivity index (χ0n) is 19.4. The molecule has 0 amide bonds. The maximum Gasteiger partial charge on any atom is 0.227 e. The second-order valence-corrected chi connectivity index (χ2v) is 8.21. The molecule has 8 heteroatoms. The molecule has 0 radical (unpaired) electrons. The molecule has 4 rings (SSSR count). The number of benzene rings is 1. The van der Waals surface area contributed by atoms with Gasteiger partial charge in [-0.25, -0.2) is 20.8 Å². The van der Waals surface area contributed by atoms with Crippen LogP contribution in [-0.2, 0) is 0 Å². The highest BCUT2D eigenvalue weighted by Gasteiger charge is 2.17. The van der Waals surface area contributed by atoms with Crippen molar-refractivity contribution < 1.29 is 4.74 Å². The Kier molecular flexibility index (Phi) is 7.04. The molecule has 8 nitrogen and oxygen atoms in total. The van der Waals surface area contributed by atoms with E-state index in [4.69, 9.17) is 15.6 Å². The van der Waals surface area contributed by atoms with E-state index in [1.165, 1.54) is 30.7 Å². The lowest BCUT2D eigenvalue weighted by Crippen LogP contribution is -2.19. The molecule has 0 unspecified atom stereocenters. The third-order valence-corrected chi connectivity index (χ3v) is 5.67. The summed E-state index contributed by atoms with van der Waals surface area (Å²) in [5, 5.41) is 9.34. The number of hydrogen-bond donors (Lipinski definition) is 3. The van der Waals surface area contributed by atoms with Gasteiger partial charge in [-0.3, -0.25) is 0 Å². The quantitative estimate of drug-likeness (QED) is 0.257. The Morgan fingerprint density at radius 2 is 2.03 bits per heavy atom. The van der Waals surface area contributed by atoms with Gasteiger partial charge < -0.3 is 20.4 Å². The van der Waals surface area contributed by atoms with Crippen LogP contribution >= 0.6 is 0 Å². The monoisotopic (exact) mass is 445 g/mol. The van der Waals surface area contributed by atoms with Crippen molar-refractivity contribution in [1.82, 2.24) is 20.0 Å². The van der Waals surface area contributed by atoms with Crippen LogP contribution in [0.1, 0.15) is 38.2 Å². The number of hydrazine groups is 1. The minimum atomic E-state index is 0.453. The van der Waals surface area contributed by atoms with Gasteiger partial charge in [0.15, 0.2) is 5.82 Å². The van der Waals surface area contributed by atoms with Crippen molar-refractivity contribution in [3.05, 3.63) is 60.6 Å². The van der Waals surface area contributed by atoms with Crippen LogP contribution in [-0.4, -0.2) is 40.2 Å². The number of ether oxygens (including phenoxy) is 1. The zero-order chi connectivity index (χ0) is 23.2. The lowest BCUT2D eigenvalue weighted by Gasteiger charge is -2.15. The first-order valence-corrected chi connectivity index (χ1v) is 11.2. The summed E-state index contributed by atoms with van der Waals surface area (Å²) in [6.45, 7) is 1.97. The maximum atomic E-state index is 5.83. The third-order valence-electron chi connectivity index (χ3n) is 5.67. The number of rotatable bonds is 8. The second-order valence-electron chi connectivity index (χ2n) is 8.21. The van der Waals surface area contributed by atoms with E-state index in [-0.39, 0.29) is 0 Å². The van der Waals surface area contributed by atoms with Crippen LogP contribution in [0.5, 0.6) is 5.75 Å². The first-order chi connectivity index (χ1) is 16.1. The predicted octanol–water partition coefficient (Wildman–Crippen LogP) is 4.85. The Morgan fingerprint density at radius 3 is 2.76 bits per heavy atom. The molecule has 1 aliphatic carbocycles. The van der Waals surface area contributed by atoms with Gasteiger partial charge in [0.2, 0.25) is 5.95 Å². The Bertz CT molecular complexity index is 1170. The van der Waals surface area contributed by atoms with E-state index in [2.05, 4.69) is 20.6 Å². The first kappa shape index (κ1) is 22.5. The Hall–Kier alpha value is -3.65. The molecule has 1 saturated carbocycles. The predicted molar refractivity (Wildman–Crippen MR) is 134 cm³/mol. The highest BCUT2D eigenvalue weighted by Crippen LogP contribution is 2.32. The summed E-state index contributed by atoms with van der Waals surface area (Å²) < 4.78 is 5.65. The normalized spacial score (nSPS) is 14.7. The average Bonchev–Trinajstić information content (AvgIpc) is 3.32. The van der Waals surface area contributed by atoms with Crippen LogP contribution < -0.4 is 21.2 Å². The van der Waals surface area contributed by atoms with Crippen molar-refractivity contribution in [2.24, 2.45) is 5.84 Å². The fourth-order valence-corrected chi connectivity index (χ4v) is 4.09. The maximum absolute atomic E-state index is 5.83. The van der Waals surface area contributed by atoms with Crippen LogP contribution in [0.3, 0.4) is 0 Å². The van der Waals surface area contributed by atoms with Gasteiger partial charge in [-0.1, -0.05) is 31.1 Å². The van der Waals surface area contributed by atoms with Gasteiger partial charge in [0.05, 0.1) is 12.8 Å². The summed E-state index contributed by atoms with van der Waals surface area (Å²) in [4.78, 5) is 13.8. The average molecular weight is 446 g/mol. The number of nitrogens with one attached hydrogen (secondary N) is 2. The van der Waals surface area contributed by atoms with E-state index in [9.17, 15) is 0 Å². The topological polar surface area (TPSA) is 101 Å². The number of aromatic nitrogens is 3. The summed E-state index contributed by atoms with van der Waals surface area (Å²) in [6, 6.07) is 8.31. The van der Waals surface area contributed by atoms with Crippen molar-refractivity contribution in [3.8, 4) is 5.75 Å². The Balaban J connectivity index is 1.63. The minimum absolute atomic E-state index is 0.453. The van der Waals surface area contributed by atoms with Crippen LogP contribution in [0.4, 0.5) is 17.5 Å². The third kappa shape index (κ3) is 5.40. The Morgan fingerprint density at radius 1 is 1.21 bits per heavy atom. The molecule has 2 aromatic heterocycles. The molecule has 4 N–H and O–H groups in total.